The second-order valence-corrected chi connectivity index (χ2v) is 14.1. The zero-order valence-corrected chi connectivity index (χ0v) is 33.7. The van der Waals surface area contributed by atoms with E-state index < -0.39 is 109 Å². The Kier molecular flexibility index (Phi) is 21.0. The number of amides is 8. The number of rotatable bonds is 23. The number of benzene rings is 2. The third-order valence-corrected chi connectivity index (χ3v) is 8.43. The van der Waals surface area contributed by atoms with Crippen molar-refractivity contribution in [3.8, 4) is 5.75 Å². The predicted octanol–water partition coefficient (Wildman–Crippen LogP) is -4.12. The van der Waals surface area contributed by atoms with Gasteiger partial charge in [0, 0.05) is 18.6 Å². The summed E-state index contributed by atoms with van der Waals surface area (Å²) in [6.07, 6.45) is -0.323. The largest absolute Gasteiger partial charge is 0.508 e. The van der Waals surface area contributed by atoms with Gasteiger partial charge in [0.05, 0.1) is 31.8 Å². The third-order valence-electron chi connectivity index (χ3n) is 8.43. The van der Waals surface area contributed by atoms with Crippen molar-refractivity contribution < 1.29 is 63.6 Å². The first-order chi connectivity index (χ1) is 28.8. The van der Waals surface area contributed by atoms with E-state index in [9.17, 15) is 58.5 Å². The fraction of sp³-hybridized carbons (Fsp3) is 0.410. The number of aliphatic hydroxyl groups excluding tert-OH is 2. The van der Waals surface area contributed by atoms with E-state index in [4.69, 9.17) is 10.8 Å². The van der Waals surface area contributed by atoms with Crippen LogP contribution in [0.3, 0.4) is 0 Å². The minimum Gasteiger partial charge on any atom is -0.508 e. The van der Waals surface area contributed by atoms with Crippen LogP contribution in [0.5, 0.6) is 5.75 Å². The molecule has 2 aromatic rings. The first-order valence-electron chi connectivity index (χ1n) is 18.9. The molecule has 14 N–H and O–H groups in total. The fourth-order valence-corrected chi connectivity index (χ4v) is 5.31. The van der Waals surface area contributed by atoms with Crippen LogP contribution in [0, 0.1) is 5.92 Å². The van der Waals surface area contributed by atoms with Crippen molar-refractivity contribution in [2.45, 2.75) is 76.3 Å². The van der Waals surface area contributed by atoms with Crippen LogP contribution in [-0.2, 0) is 56.0 Å². The highest BCUT2D eigenvalue weighted by molar-refractivity contribution is 5.97. The first kappa shape index (κ1) is 50.2. The zero-order chi connectivity index (χ0) is 45.6. The van der Waals surface area contributed by atoms with Crippen LogP contribution in [0.2, 0.25) is 0 Å². The number of hydrogen-bond acceptors (Lipinski definition) is 13. The molecule has 22 nitrogen and oxygen atoms in total. The monoisotopic (exact) mass is 855 g/mol. The molecule has 2 rings (SSSR count). The average Bonchev–Trinajstić information content (AvgIpc) is 3.21. The number of aromatic hydroxyl groups is 1. The van der Waals surface area contributed by atoms with Gasteiger partial charge in [0.15, 0.2) is 0 Å². The van der Waals surface area contributed by atoms with E-state index in [1.807, 2.05) is 10.9 Å². The van der Waals surface area contributed by atoms with Gasteiger partial charge in [-0.05, 0) is 48.9 Å². The Morgan fingerprint density at radius 2 is 1.23 bits per heavy atom. The van der Waals surface area contributed by atoms with Crippen LogP contribution < -0.4 is 48.5 Å². The highest BCUT2D eigenvalue weighted by atomic mass is 16.4. The normalized spacial score (nSPS) is 13.9. The van der Waals surface area contributed by atoms with Gasteiger partial charge in [-0.25, -0.2) is 4.79 Å². The number of nitrogens with two attached hydrogens (primary N) is 1. The van der Waals surface area contributed by atoms with Crippen molar-refractivity contribution in [3.05, 3.63) is 77.9 Å². The molecule has 6 atom stereocenters. The van der Waals surface area contributed by atoms with Gasteiger partial charge in [0.1, 0.15) is 29.9 Å². The standard InChI is InChI=1S/C39H53N9O13/c1-21(2)15-27(38(60)46-34(22(3)50)39(61)48-47-32(54)19-41-30(52)13-14-33(55)56)44-37(59)28(17-23-7-5-4-6-8-23)43-31(53)18-42-36(58)29(20-49)45-35(57)26(40)16-24-9-11-25(51)12-10-24/h4-14,21-22,26-29,34,49-51H,15-20,40H2,1-3H3,(H,41,52)(H,42,58)(H,43,53)(H,44,59)(H,45,57)(H,46,60)(H,47,54)(H,48,61)(H,55,56)/b14-13-/t22-,26+,27+,28+,29-,34+/m1/s1. The number of carbonyl (C=O) groups is 9. The van der Waals surface area contributed by atoms with Crippen LogP contribution in [0.25, 0.3) is 0 Å². The van der Waals surface area contributed by atoms with Crippen molar-refractivity contribution in [1.29, 1.82) is 0 Å². The van der Waals surface area contributed by atoms with Crippen molar-refractivity contribution in [2.24, 2.45) is 11.7 Å². The van der Waals surface area contributed by atoms with Crippen LogP contribution in [0.15, 0.2) is 66.7 Å². The van der Waals surface area contributed by atoms with Gasteiger partial charge >= 0.3 is 5.97 Å². The molecule has 0 saturated carbocycles. The maximum atomic E-state index is 13.8. The summed E-state index contributed by atoms with van der Waals surface area (Å²) in [5.74, 6) is -8.84. The Morgan fingerprint density at radius 1 is 0.639 bits per heavy atom. The van der Waals surface area contributed by atoms with Crippen LogP contribution in [-0.4, -0.2) is 130 Å². The Hall–Kier alpha value is -6.91. The van der Waals surface area contributed by atoms with E-state index in [1.165, 1.54) is 19.1 Å². The molecular weight excluding hydrogens is 802 g/mol. The molecule has 0 bridgehead atoms. The molecule has 0 radical (unpaired) electrons. The number of phenols is 1. The highest BCUT2D eigenvalue weighted by Crippen LogP contribution is 2.12. The number of aliphatic hydroxyl groups is 2. The maximum absolute atomic E-state index is 13.8. The molecule has 0 aromatic heterocycles. The number of hydrazine groups is 1. The molecule has 8 amide bonds. The molecule has 0 aliphatic heterocycles. The molecule has 0 aliphatic carbocycles. The van der Waals surface area contributed by atoms with Crippen molar-refractivity contribution >= 4 is 53.2 Å². The number of hydrogen-bond donors (Lipinski definition) is 13. The quantitative estimate of drug-likeness (QED) is 0.0373. The zero-order valence-electron chi connectivity index (χ0n) is 33.7. The number of carboxylic acid groups (broad SMARTS) is 1. The van der Waals surface area contributed by atoms with Gasteiger partial charge in [-0.1, -0.05) is 56.3 Å². The number of carboxylic acids is 1. The van der Waals surface area contributed by atoms with E-state index in [0.717, 1.165) is 0 Å². The molecule has 0 saturated heterocycles. The average molecular weight is 856 g/mol. The molecular formula is C39H53N9O13. The highest BCUT2D eigenvalue weighted by Gasteiger charge is 2.33. The van der Waals surface area contributed by atoms with Crippen molar-refractivity contribution in [3.63, 3.8) is 0 Å². The van der Waals surface area contributed by atoms with Gasteiger partial charge in [-0.3, -0.25) is 49.2 Å². The lowest BCUT2D eigenvalue weighted by molar-refractivity contribution is -0.136. The molecule has 2 aromatic carbocycles. The minimum atomic E-state index is -1.67. The SMILES string of the molecule is CC(C)C[C@H](NC(=O)[C@H](Cc1ccccc1)NC(=O)CNC(=O)[C@@H](CO)NC(=O)[C@@H](N)Cc1ccc(O)cc1)C(=O)N[C@H](C(=O)NNC(=O)CNC(=O)/C=C\C(=O)O)[C@@H](C)O. The lowest BCUT2D eigenvalue weighted by Gasteiger charge is -2.27. The van der Waals surface area contributed by atoms with E-state index in [-0.39, 0.29) is 30.9 Å². The lowest BCUT2D eigenvalue weighted by atomic mass is 10.0. The molecule has 0 aliphatic rings. The smallest absolute Gasteiger partial charge is 0.328 e. The number of carbonyl (C=O) groups excluding carboxylic acids is 8. The Labute approximate surface area is 350 Å². The second-order valence-electron chi connectivity index (χ2n) is 14.1. The topological polar surface area (TPSA) is 357 Å². The maximum Gasteiger partial charge on any atom is 0.328 e. The number of aliphatic carboxylic acids is 1. The summed E-state index contributed by atoms with van der Waals surface area (Å²) >= 11 is 0. The summed E-state index contributed by atoms with van der Waals surface area (Å²) in [6, 6.07) is 7.50. The summed E-state index contributed by atoms with van der Waals surface area (Å²) in [5, 5.41) is 52.3. The molecule has 0 fully saturated rings. The first-order valence-corrected chi connectivity index (χ1v) is 18.9. The van der Waals surface area contributed by atoms with Gasteiger partial charge in [0.2, 0.25) is 35.4 Å². The molecule has 0 spiro atoms. The fourth-order valence-electron chi connectivity index (χ4n) is 5.31. The number of nitrogens with one attached hydrogen (secondary N) is 8. The van der Waals surface area contributed by atoms with Crippen molar-refractivity contribution in [1.82, 2.24) is 42.8 Å². The molecule has 61 heavy (non-hydrogen) atoms. The van der Waals surface area contributed by atoms with Gasteiger partial charge < -0.3 is 58.1 Å². The minimum absolute atomic E-state index is 0.0189. The molecule has 0 heterocycles. The summed E-state index contributed by atoms with van der Waals surface area (Å²) in [6.45, 7) is 2.44. The van der Waals surface area contributed by atoms with Gasteiger partial charge in [-0.15, -0.1) is 0 Å². The van der Waals surface area contributed by atoms with E-state index in [2.05, 4.69) is 31.9 Å². The Morgan fingerprint density at radius 3 is 1.82 bits per heavy atom. The molecule has 22 heteroatoms. The summed E-state index contributed by atoms with van der Waals surface area (Å²) < 4.78 is 0. The van der Waals surface area contributed by atoms with Crippen LogP contribution in [0.1, 0.15) is 38.3 Å². The van der Waals surface area contributed by atoms with Crippen LogP contribution >= 0.6 is 0 Å². The van der Waals surface area contributed by atoms with E-state index in [0.29, 0.717) is 23.3 Å². The van der Waals surface area contributed by atoms with Gasteiger partial charge in [-0.2, -0.15) is 0 Å². The van der Waals surface area contributed by atoms with E-state index >= 15 is 0 Å². The van der Waals surface area contributed by atoms with Crippen molar-refractivity contribution in [2.75, 3.05) is 19.7 Å². The molecule has 332 valence electrons. The Balaban J connectivity index is 2.10. The molecule has 0 unspecified atom stereocenters. The van der Waals surface area contributed by atoms with E-state index in [1.54, 1.807) is 56.3 Å². The van der Waals surface area contributed by atoms with Crippen LogP contribution in [0.4, 0.5) is 0 Å². The second kappa shape index (κ2) is 25.5. The lowest BCUT2D eigenvalue weighted by Crippen LogP contribution is -2.61. The summed E-state index contributed by atoms with van der Waals surface area (Å²) in [7, 11) is 0. The third kappa shape index (κ3) is 19.1. The summed E-state index contributed by atoms with van der Waals surface area (Å²) in [5.41, 5.74) is 11.2. The number of phenolic OH excluding ortho intramolecular Hbond substituents is 1. The van der Waals surface area contributed by atoms with Gasteiger partial charge in [0.25, 0.3) is 11.8 Å². The summed E-state index contributed by atoms with van der Waals surface area (Å²) in [4.78, 5) is 113. The predicted molar refractivity (Wildman–Crippen MR) is 215 cm³/mol. The Bertz CT molecular complexity index is 1880.